The number of azo groups is 1. The number of nitrogens with zero attached hydrogens (tertiary/aromatic N) is 5. The van der Waals surface area contributed by atoms with Crippen LogP contribution in [0.25, 0.3) is 0 Å². The van der Waals surface area contributed by atoms with Crippen molar-refractivity contribution in [3.05, 3.63) is 143 Å². The fourth-order valence-electron chi connectivity index (χ4n) is 5.00. The van der Waals surface area contributed by atoms with Crippen LogP contribution in [0.3, 0.4) is 0 Å². The van der Waals surface area contributed by atoms with E-state index in [1.165, 1.54) is 22.7 Å². The van der Waals surface area contributed by atoms with E-state index in [1.807, 2.05) is 54.6 Å². The van der Waals surface area contributed by atoms with Crippen molar-refractivity contribution in [2.45, 2.75) is 26.0 Å². The highest BCUT2D eigenvalue weighted by Crippen LogP contribution is 2.26. The first-order valence-corrected chi connectivity index (χ1v) is 16.5. The van der Waals surface area contributed by atoms with Gasteiger partial charge in [-0.1, -0.05) is 66.8 Å². The fraction of sp³-hybridized carbons (Fsp3) is 0.211. The summed E-state index contributed by atoms with van der Waals surface area (Å²) in [5.41, 5.74) is 2.76. The summed E-state index contributed by atoms with van der Waals surface area (Å²) < 4.78 is 11.2. The Hall–Kier alpha value is -6.70. The van der Waals surface area contributed by atoms with Gasteiger partial charge in [-0.15, -0.1) is 0 Å². The van der Waals surface area contributed by atoms with Gasteiger partial charge in [0.15, 0.2) is 0 Å². The summed E-state index contributed by atoms with van der Waals surface area (Å²) in [5, 5.41) is 13.6. The lowest BCUT2D eigenvalue weighted by atomic mass is 10.0. The Bertz CT molecular complexity index is 2000. The van der Waals surface area contributed by atoms with Crippen molar-refractivity contribution in [1.29, 1.82) is 0 Å². The number of carbonyl (C=O) groups excluding carboxylic acids is 4. The molecule has 3 amide bonds. The Morgan fingerprint density at radius 3 is 2.19 bits per heavy atom. The predicted octanol–water partition coefficient (Wildman–Crippen LogP) is 5.44. The predicted molar refractivity (Wildman–Crippen MR) is 192 cm³/mol. The van der Waals surface area contributed by atoms with Crippen LogP contribution < -0.4 is 16.3 Å². The standard InChI is InChI=1S/C38H37N7O7/c1-2-51-35(47)25-44(34(46)24-45-22-20-33(40-37(45)49)41-38(50)52-26-27-8-4-3-5-9-27)23-21-39-36(48)30-14-18-32(19-15-30)43-42-31-16-12-29(13-17-31)28-10-6-7-11-28/h3-20,22,28H,2,21,23-26H2,1H3,(H,39,48)(H,40,41,49,50). The van der Waals surface area contributed by atoms with E-state index < -0.39 is 42.7 Å². The molecule has 1 aromatic heterocycles. The number of ether oxygens (including phenoxy) is 2. The molecule has 0 fully saturated rings. The molecule has 4 aromatic rings. The maximum atomic E-state index is 13.2. The summed E-state index contributed by atoms with van der Waals surface area (Å²) in [7, 11) is 0. The van der Waals surface area contributed by atoms with Crippen molar-refractivity contribution in [3.63, 3.8) is 0 Å². The Morgan fingerprint density at radius 1 is 0.865 bits per heavy atom. The maximum absolute atomic E-state index is 13.2. The van der Waals surface area contributed by atoms with Gasteiger partial charge in [0.25, 0.3) is 5.91 Å². The molecule has 14 nitrogen and oxygen atoms in total. The Labute approximate surface area is 299 Å². The Kier molecular flexibility index (Phi) is 12.9. The molecule has 5 rings (SSSR count). The number of carbonyl (C=O) groups is 4. The van der Waals surface area contributed by atoms with Crippen LogP contribution in [-0.2, 0) is 32.2 Å². The molecule has 3 aromatic carbocycles. The lowest BCUT2D eigenvalue weighted by molar-refractivity contribution is -0.149. The number of nitrogens with one attached hydrogen (secondary N) is 2. The van der Waals surface area contributed by atoms with Crippen molar-refractivity contribution in [1.82, 2.24) is 19.8 Å². The van der Waals surface area contributed by atoms with Crippen LogP contribution >= 0.6 is 0 Å². The molecular formula is C38H37N7O7. The van der Waals surface area contributed by atoms with Crippen molar-refractivity contribution >= 4 is 41.1 Å². The number of aromatic nitrogens is 2. The van der Waals surface area contributed by atoms with Gasteiger partial charge in [0.05, 0.1) is 18.0 Å². The van der Waals surface area contributed by atoms with Gasteiger partial charge in [0.2, 0.25) is 5.91 Å². The lowest BCUT2D eigenvalue weighted by Crippen LogP contribution is -2.44. The van der Waals surface area contributed by atoms with Crippen LogP contribution in [0.5, 0.6) is 0 Å². The van der Waals surface area contributed by atoms with E-state index in [0.717, 1.165) is 10.1 Å². The monoisotopic (exact) mass is 703 g/mol. The molecule has 2 N–H and O–H groups in total. The molecule has 0 saturated carbocycles. The summed E-state index contributed by atoms with van der Waals surface area (Å²) >= 11 is 0. The summed E-state index contributed by atoms with van der Waals surface area (Å²) in [5.74, 6) is -1.43. The maximum Gasteiger partial charge on any atom is 0.413 e. The van der Waals surface area contributed by atoms with Crippen molar-refractivity contribution in [3.8, 4) is 0 Å². The van der Waals surface area contributed by atoms with E-state index in [9.17, 15) is 24.0 Å². The van der Waals surface area contributed by atoms with Gasteiger partial charge in [-0.2, -0.15) is 15.2 Å². The number of allylic oxidation sites excluding steroid dienone is 4. The third kappa shape index (κ3) is 10.9. The number of anilines is 1. The van der Waals surface area contributed by atoms with E-state index in [1.54, 1.807) is 43.3 Å². The van der Waals surface area contributed by atoms with Gasteiger partial charge < -0.3 is 19.7 Å². The second kappa shape index (κ2) is 18.3. The SMILES string of the molecule is CCOC(=O)CN(CCNC(=O)c1ccc(N=Nc2ccc(C3C=CC=C3)cc2)cc1)C(=O)Cn1ccc(NC(=O)OCc2ccccc2)nc1=O. The van der Waals surface area contributed by atoms with E-state index in [0.29, 0.717) is 16.9 Å². The molecule has 1 aliphatic carbocycles. The molecule has 0 atom stereocenters. The molecule has 1 heterocycles. The van der Waals surface area contributed by atoms with Crippen molar-refractivity contribution < 1.29 is 28.7 Å². The molecule has 0 aliphatic heterocycles. The first-order valence-electron chi connectivity index (χ1n) is 16.5. The topological polar surface area (TPSA) is 174 Å². The molecule has 1 aliphatic rings. The third-order valence-electron chi connectivity index (χ3n) is 7.70. The summed E-state index contributed by atoms with van der Waals surface area (Å²) in [4.78, 5) is 68.1. The minimum atomic E-state index is -0.811. The van der Waals surface area contributed by atoms with Gasteiger partial charge in [-0.3, -0.25) is 24.3 Å². The minimum Gasteiger partial charge on any atom is -0.465 e. The average Bonchev–Trinajstić information content (AvgIpc) is 3.70. The molecule has 0 unspecified atom stereocenters. The van der Waals surface area contributed by atoms with Gasteiger partial charge >= 0.3 is 17.8 Å². The number of rotatable bonds is 15. The largest absolute Gasteiger partial charge is 0.465 e. The molecule has 0 saturated heterocycles. The Morgan fingerprint density at radius 2 is 1.54 bits per heavy atom. The molecule has 266 valence electrons. The first kappa shape index (κ1) is 36.6. The molecule has 0 radical (unpaired) electrons. The molecular weight excluding hydrogens is 666 g/mol. The van der Waals surface area contributed by atoms with E-state index >= 15 is 0 Å². The van der Waals surface area contributed by atoms with Crippen molar-refractivity contribution in [2.24, 2.45) is 10.2 Å². The second-order valence-electron chi connectivity index (χ2n) is 11.4. The van der Waals surface area contributed by atoms with Crippen LogP contribution in [0.2, 0.25) is 0 Å². The summed E-state index contributed by atoms with van der Waals surface area (Å²) in [6.07, 6.45) is 8.76. The van der Waals surface area contributed by atoms with Crippen LogP contribution in [0.1, 0.15) is 34.3 Å². The lowest BCUT2D eigenvalue weighted by Gasteiger charge is -2.22. The smallest absolute Gasteiger partial charge is 0.413 e. The average molecular weight is 704 g/mol. The Balaban J connectivity index is 1.11. The second-order valence-corrected chi connectivity index (χ2v) is 11.4. The van der Waals surface area contributed by atoms with Gasteiger partial charge in [0.1, 0.15) is 25.5 Å². The zero-order valence-electron chi connectivity index (χ0n) is 28.4. The quantitative estimate of drug-likeness (QED) is 0.122. The molecule has 0 bridgehead atoms. The van der Waals surface area contributed by atoms with Gasteiger partial charge in [-0.05, 0) is 60.5 Å². The number of esters is 1. The van der Waals surface area contributed by atoms with E-state index in [-0.39, 0.29) is 38.0 Å². The number of benzene rings is 3. The molecule has 52 heavy (non-hydrogen) atoms. The summed E-state index contributed by atoms with van der Waals surface area (Å²) in [6, 6.07) is 24.7. The molecule has 0 spiro atoms. The highest BCUT2D eigenvalue weighted by molar-refractivity contribution is 5.94. The fourth-order valence-corrected chi connectivity index (χ4v) is 5.00. The summed E-state index contributed by atoms with van der Waals surface area (Å²) in [6.45, 7) is 0.898. The highest BCUT2D eigenvalue weighted by Gasteiger charge is 2.20. The third-order valence-corrected chi connectivity index (χ3v) is 7.70. The van der Waals surface area contributed by atoms with Crippen molar-refractivity contribution in [2.75, 3.05) is 31.6 Å². The first-order chi connectivity index (χ1) is 25.3. The van der Waals surface area contributed by atoms with Gasteiger partial charge in [-0.25, -0.2) is 9.59 Å². The zero-order valence-corrected chi connectivity index (χ0v) is 28.4. The van der Waals surface area contributed by atoms with E-state index in [2.05, 4.69) is 38.0 Å². The van der Waals surface area contributed by atoms with Crippen LogP contribution in [0.4, 0.5) is 22.0 Å². The number of amides is 3. The van der Waals surface area contributed by atoms with Crippen LogP contribution in [0, 0.1) is 0 Å². The van der Waals surface area contributed by atoms with E-state index in [4.69, 9.17) is 9.47 Å². The number of hydrogen-bond acceptors (Lipinski definition) is 10. The van der Waals surface area contributed by atoms with Gasteiger partial charge in [0, 0.05) is 30.8 Å². The van der Waals surface area contributed by atoms with Crippen LogP contribution in [-0.4, -0.2) is 64.6 Å². The minimum absolute atomic E-state index is 0.00890. The number of hydrogen-bond donors (Lipinski definition) is 2. The highest BCUT2D eigenvalue weighted by atomic mass is 16.5. The molecule has 14 heteroatoms. The normalized spacial score (nSPS) is 12.1. The zero-order chi connectivity index (χ0) is 36.7. The van der Waals surface area contributed by atoms with Crippen LogP contribution in [0.15, 0.2) is 130 Å².